The van der Waals surface area contributed by atoms with E-state index >= 15 is 0 Å². The molecule has 0 aromatic carbocycles. The summed E-state index contributed by atoms with van der Waals surface area (Å²) in [6.45, 7) is 2.19. The summed E-state index contributed by atoms with van der Waals surface area (Å²) in [5, 5.41) is 0. The Labute approximate surface area is 80.2 Å². The Morgan fingerprint density at radius 3 is 3.09 bits per heavy atom. The van der Waals surface area contributed by atoms with Gasteiger partial charge < -0.3 is 0 Å². The van der Waals surface area contributed by atoms with Gasteiger partial charge in [-0.3, -0.25) is 0 Å². The minimum absolute atomic E-state index is 0.650. The van der Waals surface area contributed by atoms with Gasteiger partial charge >= 0.3 is 0 Å². The number of hydrogen-bond acceptors (Lipinski definition) is 3. The third-order valence-electron chi connectivity index (χ3n) is 1.12. The van der Waals surface area contributed by atoms with Crippen LogP contribution in [-0.4, -0.2) is 10.7 Å². The van der Waals surface area contributed by atoms with E-state index in [4.69, 9.17) is 11.6 Å². The Balaban J connectivity index is 2.27. The summed E-state index contributed by atoms with van der Waals surface area (Å²) in [4.78, 5) is 5.24. The first-order valence-electron chi connectivity index (χ1n) is 3.51. The summed E-state index contributed by atoms with van der Waals surface area (Å²) in [6, 6.07) is 0. The van der Waals surface area contributed by atoms with Crippen LogP contribution in [0.4, 0.5) is 0 Å². The molecule has 0 saturated heterocycles. The molecule has 0 spiro atoms. The maximum Gasteiger partial charge on any atom is 0.183 e. The Morgan fingerprint density at radius 1 is 1.73 bits per heavy atom. The molecule has 0 saturated carbocycles. The van der Waals surface area contributed by atoms with Gasteiger partial charge in [-0.15, -0.1) is 11.3 Å². The molecule has 0 radical (unpaired) electrons. The van der Waals surface area contributed by atoms with E-state index in [0.29, 0.717) is 4.47 Å². The quantitative estimate of drug-likeness (QED) is 0.702. The van der Waals surface area contributed by atoms with Crippen molar-refractivity contribution in [2.45, 2.75) is 19.1 Å². The van der Waals surface area contributed by atoms with Crippen LogP contribution in [0.5, 0.6) is 0 Å². The summed E-state index contributed by atoms with van der Waals surface area (Å²) in [6.07, 6.45) is 3.09. The van der Waals surface area contributed by atoms with Gasteiger partial charge in [0, 0.05) is 16.8 Å². The highest BCUT2D eigenvalue weighted by Crippen LogP contribution is 2.22. The molecule has 0 bridgehead atoms. The minimum atomic E-state index is 0.650. The van der Waals surface area contributed by atoms with Crippen molar-refractivity contribution in [1.29, 1.82) is 0 Å². The maximum atomic E-state index is 5.67. The average molecular weight is 208 g/mol. The van der Waals surface area contributed by atoms with Gasteiger partial charge in [0.15, 0.2) is 4.47 Å². The van der Waals surface area contributed by atoms with Crippen molar-refractivity contribution in [3.63, 3.8) is 0 Å². The molecule has 0 aliphatic carbocycles. The van der Waals surface area contributed by atoms with Crippen LogP contribution >= 0.6 is 34.7 Å². The van der Waals surface area contributed by atoms with Gasteiger partial charge in [0.05, 0.1) is 0 Å². The van der Waals surface area contributed by atoms with Crippen LogP contribution < -0.4 is 0 Å². The van der Waals surface area contributed by atoms with Crippen LogP contribution in [-0.2, 0) is 5.75 Å². The van der Waals surface area contributed by atoms with Crippen LogP contribution in [0.3, 0.4) is 0 Å². The molecular weight excluding hydrogens is 198 g/mol. The number of thioether (sulfide) groups is 1. The smallest absolute Gasteiger partial charge is 0.183 e. The van der Waals surface area contributed by atoms with Crippen LogP contribution in [0.2, 0.25) is 4.47 Å². The van der Waals surface area contributed by atoms with Crippen LogP contribution in [0, 0.1) is 0 Å². The predicted molar refractivity (Wildman–Crippen MR) is 53.6 cm³/mol. The molecule has 0 atom stereocenters. The number of rotatable bonds is 4. The Hall–Kier alpha value is 0.270. The highest BCUT2D eigenvalue weighted by Gasteiger charge is 1.97. The van der Waals surface area contributed by atoms with E-state index in [1.54, 1.807) is 11.3 Å². The third-order valence-corrected chi connectivity index (χ3v) is 3.63. The minimum Gasteiger partial charge on any atom is -0.233 e. The van der Waals surface area contributed by atoms with Crippen LogP contribution in [0.15, 0.2) is 6.20 Å². The van der Waals surface area contributed by atoms with E-state index in [1.807, 2.05) is 18.0 Å². The van der Waals surface area contributed by atoms with Crippen molar-refractivity contribution >= 4 is 34.7 Å². The number of thiazole rings is 1. The van der Waals surface area contributed by atoms with Gasteiger partial charge in [-0.05, 0) is 12.2 Å². The van der Waals surface area contributed by atoms with Gasteiger partial charge in [0.25, 0.3) is 0 Å². The van der Waals surface area contributed by atoms with Gasteiger partial charge in [-0.2, -0.15) is 11.8 Å². The third kappa shape index (κ3) is 3.45. The molecule has 0 unspecified atom stereocenters. The van der Waals surface area contributed by atoms with E-state index in [9.17, 15) is 0 Å². The molecule has 4 heteroatoms. The molecule has 0 fully saturated rings. The number of aromatic nitrogens is 1. The first-order chi connectivity index (χ1) is 5.33. The van der Waals surface area contributed by atoms with Crippen LogP contribution in [0.25, 0.3) is 0 Å². The fraction of sp³-hybridized carbons (Fsp3) is 0.571. The van der Waals surface area contributed by atoms with E-state index in [0.717, 1.165) is 5.75 Å². The van der Waals surface area contributed by atoms with Crippen molar-refractivity contribution in [1.82, 2.24) is 4.98 Å². The topological polar surface area (TPSA) is 12.9 Å². The van der Waals surface area contributed by atoms with E-state index in [1.165, 1.54) is 17.1 Å². The van der Waals surface area contributed by atoms with Crippen molar-refractivity contribution in [2.75, 3.05) is 5.75 Å². The largest absolute Gasteiger partial charge is 0.233 e. The molecular formula is C7H10ClNS2. The number of hydrogen-bond donors (Lipinski definition) is 0. The van der Waals surface area contributed by atoms with Crippen molar-refractivity contribution < 1.29 is 0 Å². The second-order valence-electron chi connectivity index (χ2n) is 2.13. The SMILES string of the molecule is CCCSCc1cnc(Cl)s1. The Morgan fingerprint density at radius 2 is 2.55 bits per heavy atom. The first kappa shape index (κ1) is 9.36. The Bertz CT molecular complexity index is 212. The Kier molecular flexibility index (Phi) is 4.26. The molecule has 1 heterocycles. The van der Waals surface area contributed by atoms with Gasteiger partial charge in [-0.1, -0.05) is 18.5 Å². The molecule has 0 amide bonds. The molecule has 1 nitrogen and oxygen atoms in total. The first-order valence-corrected chi connectivity index (χ1v) is 5.85. The fourth-order valence-electron chi connectivity index (χ4n) is 0.667. The van der Waals surface area contributed by atoms with Crippen molar-refractivity contribution in [2.24, 2.45) is 0 Å². The van der Waals surface area contributed by atoms with Gasteiger partial charge in [-0.25, -0.2) is 4.98 Å². The summed E-state index contributed by atoms with van der Waals surface area (Å²) in [5.41, 5.74) is 0. The molecule has 1 aromatic rings. The maximum absolute atomic E-state index is 5.67. The molecule has 0 aliphatic heterocycles. The van der Waals surface area contributed by atoms with E-state index < -0.39 is 0 Å². The lowest BCUT2D eigenvalue weighted by Crippen LogP contribution is -1.76. The zero-order valence-electron chi connectivity index (χ0n) is 6.34. The standard InChI is InChI=1S/C7H10ClNS2/c1-2-3-10-5-6-4-9-7(8)11-6/h4H,2-3,5H2,1H3. The number of nitrogens with zero attached hydrogens (tertiary/aromatic N) is 1. The molecule has 1 rings (SSSR count). The van der Waals surface area contributed by atoms with Gasteiger partial charge in [0.1, 0.15) is 0 Å². The van der Waals surface area contributed by atoms with E-state index in [2.05, 4.69) is 11.9 Å². The summed E-state index contributed by atoms with van der Waals surface area (Å²) in [5.74, 6) is 2.27. The van der Waals surface area contributed by atoms with E-state index in [-0.39, 0.29) is 0 Å². The van der Waals surface area contributed by atoms with Crippen LogP contribution in [0.1, 0.15) is 18.2 Å². The summed E-state index contributed by atoms with van der Waals surface area (Å²) < 4.78 is 0.650. The summed E-state index contributed by atoms with van der Waals surface area (Å²) >= 11 is 9.17. The molecule has 11 heavy (non-hydrogen) atoms. The molecule has 62 valence electrons. The molecule has 1 aromatic heterocycles. The average Bonchev–Trinajstić information content (AvgIpc) is 2.37. The fourth-order valence-corrected chi connectivity index (χ4v) is 2.64. The molecule has 0 N–H and O–H groups in total. The second kappa shape index (κ2) is 5.01. The second-order valence-corrected chi connectivity index (χ2v) is 4.93. The highest BCUT2D eigenvalue weighted by molar-refractivity contribution is 7.98. The zero-order valence-corrected chi connectivity index (χ0v) is 8.73. The number of halogens is 1. The van der Waals surface area contributed by atoms with Gasteiger partial charge in [0.2, 0.25) is 0 Å². The predicted octanol–water partition coefficient (Wildman–Crippen LogP) is 3.44. The highest BCUT2D eigenvalue weighted by atomic mass is 35.5. The summed E-state index contributed by atoms with van der Waals surface area (Å²) in [7, 11) is 0. The molecule has 0 aliphatic rings. The normalized spacial score (nSPS) is 10.4. The lowest BCUT2D eigenvalue weighted by molar-refractivity contribution is 1.10. The van der Waals surface area contributed by atoms with Crippen molar-refractivity contribution in [3.05, 3.63) is 15.5 Å². The lowest BCUT2D eigenvalue weighted by atomic mass is 10.6. The van der Waals surface area contributed by atoms with Crippen molar-refractivity contribution in [3.8, 4) is 0 Å². The lowest BCUT2D eigenvalue weighted by Gasteiger charge is -1.93. The zero-order chi connectivity index (χ0) is 8.10. The monoisotopic (exact) mass is 207 g/mol.